The molecule has 2 unspecified atom stereocenters. The van der Waals surface area contributed by atoms with Gasteiger partial charge in [0.25, 0.3) is 20.2 Å². The zero-order valence-corrected chi connectivity index (χ0v) is 11.0. The molecule has 2 N–H and O–H groups in total. The third-order valence-electron chi connectivity index (χ3n) is 2.14. The first-order valence-electron chi connectivity index (χ1n) is 4.90. The van der Waals surface area contributed by atoms with Crippen molar-refractivity contribution in [3.05, 3.63) is 0 Å². The van der Waals surface area contributed by atoms with Gasteiger partial charge in [0.15, 0.2) is 0 Å². The van der Waals surface area contributed by atoms with Crippen molar-refractivity contribution in [3.63, 3.8) is 0 Å². The van der Waals surface area contributed by atoms with Crippen molar-refractivity contribution in [1.82, 2.24) is 0 Å². The quantitative estimate of drug-likeness (QED) is 0.665. The van der Waals surface area contributed by atoms with Gasteiger partial charge in [-0.15, -0.1) is 0 Å². The minimum Gasteiger partial charge on any atom is -0.286 e. The van der Waals surface area contributed by atoms with Crippen LogP contribution in [0.15, 0.2) is 0 Å². The molecule has 0 saturated heterocycles. The standard InChI is InChI=1S/C8H18O6S2/c1-7(5-15(9,10)11)3-4-8(2)6-16(12,13)14/h7-8H,3-6H2,1-2H3,(H,9,10,11)(H,12,13,14). The van der Waals surface area contributed by atoms with Crippen LogP contribution in [0.25, 0.3) is 0 Å². The summed E-state index contributed by atoms with van der Waals surface area (Å²) in [6, 6.07) is 0. The number of hydrogen-bond donors (Lipinski definition) is 2. The fourth-order valence-corrected chi connectivity index (χ4v) is 3.23. The van der Waals surface area contributed by atoms with Gasteiger partial charge < -0.3 is 0 Å². The van der Waals surface area contributed by atoms with Gasteiger partial charge in [0.2, 0.25) is 0 Å². The van der Waals surface area contributed by atoms with E-state index in [0.29, 0.717) is 12.8 Å². The van der Waals surface area contributed by atoms with E-state index in [2.05, 4.69) is 0 Å². The second-order valence-corrected chi connectivity index (χ2v) is 7.28. The Balaban J connectivity index is 3.98. The summed E-state index contributed by atoms with van der Waals surface area (Å²) in [4.78, 5) is 0. The Kier molecular flexibility index (Phi) is 5.88. The van der Waals surface area contributed by atoms with Crippen molar-refractivity contribution in [2.24, 2.45) is 11.8 Å². The highest BCUT2D eigenvalue weighted by Crippen LogP contribution is 2.15. The maximum Gasteiger partial charge on any atom is 0.265 e. The molecule has 0 heterocycles. The summed E-state index contributed by atoms with van der Waals surface area (Å²) in [7, 11) is -7.95. The molecule has 0 aliphatic carbocycles. The maximum atomic E-state index is 10.5. The van der Waals surface area contributed by atoms with E-state index < -0.39 is 20.2 Å². The molecular formula is C8H18O6S2. The van der Waals surface area contributed by atoms with E-state index in [1.807, 2.05) is 0 Å². The third kappa shape index (κ3) is 10.3. The van der Waals surface area contributed by atoms with Crippen LogP contribution in [-0.2, 0) is 20.2 Å². The Morgan fingerprint density at radius 3 is 1.25 bits per heavy atom. The Bertz CT molecular complexity index is 356. The van der Waals surface area contributed by atoms with Gasteiger partial charge in [0.05, 0.1) is 11.5 Å². The summed E-state index contributed by atoms with van der Waals surface area (Å²) in [5.41, 5.74) is 0. The fraction of sp³-hybridized carbons (Fsp3) is 1.00. The smallest absolute Gasteiger partial charge is 0.265 e. The second-order valence-electron chi connectivity index (χ2n) is 4.28. The van der Waals surface area contributed by atoms with Gasteiger partial charge in [-0.05, 0) is 24.7 Å². The lowest BCUT2D eigenvalue weighted by Gasteiger charge is -2.13. The Morgan fingerprint density at radius 1 is 0.812 bits per heavy atom. The topological polar surface area (TPSA) is 109 Å². The molecule has 6 nitrogen and oxygen atoms in total. The SMILES string of the molecule is CC(CCC(C)CS(=O)(=O)O)CS(=O)(=O)O. The molecule has 8 heteroatoms. The highest BCUT2D eigenvalue weighted by atomic mass is 32.2. The molecule has 0 saturated carbocycles. The minimum atomic E-state index is -3.97. The number of hydrogen-bond acceptors (Lipinski definition) is 4. The molecule has 16 heavy (non-hydrogen) atoms. The van der Waals surface area contributed by atoms with Gasteiger partial charge in [0.1, 0.15) is 0 Å². The van der Waals surface area contributed by atoms with Gasteiger partial charge in [-0.25, -0.2) is 0 Å². The van der Waals surface area contributed by atoms with E-state index in [0.717, 1.165) is 0 Å². The summed E-state index contributed by atoms with van der Waals surface area (Å²) >= 11 is 0. The minimum absolute atomic E-state index is 0.237. The van der Waals surface area contributed by atoms with Crippen LogP contribution in [0.2, 0.25) is 0 Å². The lowest BCUT2D eigenvalue weighted by molar-refractivity contribution is 0.428. The van der Waals surface area contributed by atoms with Gasteiger partial charge in [-0.1, -0.05) is 13.8 Å². The van der Waals surface area contributed by atoms with Crippen molar-refractivity contribution in [2.75, 3.05) is 11.5 Å². The lowest BCUT2D eigenvalue weighted by Crippen LogP contribution is -2.16. The average molecular weight is 274 g/mol. The van der Waals surface area contributed by atoms with E-state index in [1.54, 1.807) is 13.8 Å². The Hall–Kier alpha value is -0.180. The van der Waals surface area contributed by atoms with E-state index in [4.69, 9.17) is 9.11 Å². The van der Waals surface area contributed by atoms with E-state index in [-0.39, 0.29) is 23.3 Å². The molecule has 0 amide bonds. The maximum absolute atomic E-state index is 10.5. The molecule has 0 aromatic carbocycles. The van der Waals surface area contributed by atoms with Crippen LogP contribution in [0.3, 0.4) is 0 Å². The summed E-state index contributed by atoms with van der Waals surface area (Å²) in [5, 5.41) is 0. The lowest BCUT2D eigenvalue weighted by atomic mass is 10.0. The first-order chi connectivity index (χ1) is 6.99. The van der Waals surface area contributed by atoms with Gasteiger partial charge >= 0.3 is 0 Å². The predicted octanol–water partition coefficient (Wildman–Crippen LogP) is 0.814. The molecular weight excluding hydrogens is 256 g/mol. The Labute approximate surface area is 96.6 Å². The zero-order chi connectivity index (χ0) is 13.0. The van der Waals surface area contributed by atoms with Crippen molar-refractivity contribution in [1.29, 1.82) is 0 Å². The van der Waals surface area contributed by atoms with Crippen LogP contribution < -0.4 is 0 Å². The molecule has 0 aromatic rings. The van der Waals surface area contributed by atoms with Crippen LogP contribution in [0.4, 0.5) is 0 Å². The molecule has 98 valence electrons. The van der Waals surface area contributed by atoms with Crippen molar-refractivity contribution >= 4 is 20.2 Å². The predicted molar refractivity (Wildman–Crippen MR) is 60.4 cm³/mol. The van der Waals surface area contributed by atoms with Crippen LogP contribution >= 0.6 is 0 Å². The molecule has 0 rings (SSSR count). The Morgan fingerprint density at radius 2 is 1.06 bits per heavy atom. The van der Waals surface area contributed by atoms with E-state index in [1.165, 1.54) is 0 Å². The highest BCUT2D eigenvalue weighted by molar-refractivity contribution is 7.86. The van der Waals surface area contributed by atoms with Crippen molar-refractivity contribution in [2.45, 2.75) is 26.7 Å². The first-order valence-corrected chi connectivity index (χ1v) is 8.12. The summed E-state index contributed by atoms with van der Waals surface area (Å²) in [5.74, 6) is -1.13. The van der Waals surface area contributed by atoms with Crippen molar-refractivity contribution < 1.29 is 25.9 Å². The summed E-state index contributed by atoms with van der Waals surface area (Å²) < 4.78 is 59.3. The zero-order valence-electron chi connectivity index (χ0n) is 9.33. The number of rotatable bonds is 7. The van der Waals surface area contributed by atoms with E-state index >= 15 is 0 Å². The second kappa shape index (κ2) is 5.95. The van der Waals surface area contributed by atoms with Gasteiger partial charge in [-0.2, -0.15) is 16.8 Å². The molecule has 0 fully saturated rings. The van der Waals surface area contributed by atoms with Crippen LogP contribution in [-0.4, -0.2) is 37.4 Å². The highest BCUT2D eigenvalue weighted by Gasteiger charge is 2.16. The molecule has 2 atom stereocenters. The first kappa shape index (κ1) is 15.8. The normalized spacial score (nSPS) is 17.0. The molecule has 0 spiro atoms. The van der Waals surface area contributed by atoms with Crippen LogP contribution in [0.5, 0.6) is 0 Å². The van der Waals surface area contributed by atoms with Gasteiger partial charge in [0, 0.05) is 0 Å². The average Bonchev–Trinajstić information content (AvgIpc) is 1.94. The fourth-order valence-electron chi connectivity index (χ4n) is 1.45. The summed E-state index contributed by atoms with van der Waals surface area (Å²) in [6.07, 6.45) is 0.965. The molecule has 0 bridgehead atoms. The van der Waals surface area contributed by atoms with E-state index in [9.17, 15) is 16.8 Å². The monoisotopic (exact) mass is 274 g/mol. The van der Waals surface area contributed by atoms with Crippen LogP contribution in [0, 0.1) is 11.8 Å². The molecule has 0 radical (unpaired) electrons. The van der Waals surface area contributed by atoms with Crippen molar-refractivity contribution in [3.8, 4) is 0 Å². The summed E-state index contributed by atoms with van der Waals surface area (Å²) in [6.45, 7) is 3.32. The van der Waals surface area contributed by atoms with Crippen LogP contribution in [0.1, 0.15) is 26.7 Å². The molecule has 0 aliphatic heterocycles. The molecule has 0 aromatic heterocycles. The third-order valence-corrected chi connectivity index (χ3v) is 4.12. The largest absolute Gasteiger partial charge is 0.286 e. The molecule has 0 aliphatic rings. The van der Waals surface area contributed by atoms with Gasteiger partial charge in [-0.3, -0.25) is 9.11 Å².